The minimum Gasteiger partial charge on any atom is -0.493 e. The lowest BCUT2D eigenvalue weighted by atomic mass is 10.1. The second-order valence-corrected chi connectivity index (χ2v) is 9.69. The van der Waals surface area contributed by atoms with E-state index in [1.54, 1.807) is 44.6 Å². The Hall–Kier alpha value is -3.97. The highest BCUT2D eigenvalue weighted by Crippen LogP contribution is 2.31. The number of rotatable bonds is 12. The van der Waals surface area contributed by atoms with Crippen LogP contribution in [0.4, 0.5) is 0 Å². The van der Waals surface area contributed by atoms with Gasteiger partial charge in [0.15, 0.2) is 17.5 Å². The molecule has 4 heterocycles. The topological polar surface area (TPSA) is 143 Å². The van der Waals surface area contributed by atoms with Crippen LogP contribution in [0.25, 0.3) is 11.4 Å². The zero-order valence-electron chi connectivity index (χ0n) is 22.7. The van der Waals surface area contributed by atoms with E-state index < -0.39 is 6.04 Å². The number of amides is 2. The Kier molecular flexibility index (Phi) is 8.91. The van der Waals surface area contributed by atoms with E-state index >= 15 is 0 Å². The van der Waals surface area contributed by atoms with E-state index in [1.807, 2.05) is 0 Å². The van der Waals surface area contributed by atoms with Crippen molar-refractivity contribution in [2.75, 3.05) is 40.5 Å². The van der Waals surface area contributed by atoms with Gasteiger partial charge in [-0.2, -0.15) is 4.80 Å². The highest BCUT2D eigenvalue weighted by atomic mass is 16.5. The largest absolute Gasteiger partial charge is 0.493 e. The molecule has 2 aliphatic rings. The first-order chi connectivity index (χ1) is 19.6. The monoisotopic (exact) mass is 554 g/mol. The van der Waals surface area contributed by atoms with Gasteiger partial charge in [0.05, 0.1) is 32.7 Å². The number of methoxy groups -OCH3 is 2. The van der Waals surface area contributed by atoms with E-state index in [-0.39, 0.29) is 37.1 Å². The molecule has 2 saturated heterocycles. The highest BCUT2D eigenvalue weighted by Gasteiger charge is 2.36. The van der Waals surface area contributed by atoms with Crippen LogP contribution in [0, 0.1) is 0 Å². The van der Waals surface area contributed by atoms with Crippen LogP contribution in [-0.4, -0.2) is 89.7 Å². The molecule has 40 heavy (non-hydrogen) atoms. The summed E-state index contributed by atoms with van der Waals surface area (Å²) in [5.41, 5.74) is 0.648. The number of carbonyl (C=O) groups is 2. The maximum atomic E-state index is 13.8. The van der Waals surface area contributed by atoms with E-state index in [0.29, 0.717) is 48.4 Å². The fourth-order valence-corrected chi connectivity index (χ4v) is 4.96. The molecule has 13 heteroatoms. The van der Waals surface area contributed by atoms with Crippen LogP contribution in [0.1, 0.15) is 37.5 Å². The summed E-state index contributed by atoms with van der Waals surface area (Å²) in [5, 5.41) is 15.6. The predicted molar refractivity (Wildman–Crippen MR) is 140 cm³/mol. The zero-order chi connectivity index (χ0) is 27.9. The van der Waals surface area contributed by atoms with Crippen molar-refractivity contribution in [1.82, 2.24) is 30.4 Å². The van der Waals surface area contributed by atoms with E-state index in [2.05, 4.69) is 20.7 Å². The van der Waals surface area contributed by atoms with Gasteiger partial charge in [0, 0.05) is 31.9 Å². The van der Waals surface area contributed by atoms with Crippen molar-refractivity contribution in [1.29, 1.82) is 0 Å². The zero-order valence-corrected chi connectivity index (χ0v) is 22.7. The van der Waals surface area contributed by atoms with Crippen molar-refractivity contribution in [3.8, 4) is 22.9 Å². The Morgan fingerprint density at radius 3 is 2.55 bits per heavy atom. The van der Waals surface area contributed by atoms with E-state index in [9.17, 15) is 9.59 Å². The number of carbonyl (C=O) groups excluding carboxylic acids is 2. The number of nitrogens with one attached hydrogen (secondary N) is 1. The molecule has 3 unspecified atom stereocenters. The van der Waals surface area contributed by atoms with E-state index in [0.717, 1.165) is 25.7 Å². The molecule has 13 nitrogen and oxygen atoms in total. The maximum absolute atomic E-state index is 13.8. The second-order valence-electron chi connectivity index (χ2n) is 9.69. The van der Waals surface area contributed by atoms with Crippen molar-refractivity contribution < 1.29 is 33.0 Å². The number of tetrazole rings is 1. The molecule has 0 spiro atoms. The normalized spacial score (nSPS) is 19.4. The molecule has 1 aromatic carbocycles. The lowest BCUT2D eigenvalue weighted by Gasteiger charge is -2.31. The number of furan rings is 1. The predicted octanol–water partition coefficient (Wildman–Crippen LogP) is 1.99. The Bertz CT molecular complexity index is 1270. The van der Waals surface area contributed by atoms with Gasteiger partial charge in [0.25, 0.3) is 5.91 Å². The fraction of sp³-hybridized carbons (Fsp3) is 0.519. The SMILES string of the molecule is COc1ccc(-c2nnn(CC(=O)N(CC3CCCO3)C(C(=O)NCC3CCCO3)c3ccco3)n2)cc1OC. The van der Waals surface area contributed by atoms with Crippen molar-refractivity contribution in [2.45, 2.75) is 50.5 Å². The Labute approximate surface area is 231 Å². The molecule has 2 aromatic heterocycles. The number of aromatic nitrogens is 4. The van der Waals surface area contributed by atoms with Crippen LogP contribution < -0.4 is 14.8 Å². The number of benzene rings is 1. The minimum absolute atomic E-state index is 0.0436. The van der Waals surface area contributed by atoms with Gasteiger partial charge in [-0.1, -0.05) is 0 Å². The molecule has 3 atom stereocenters. The first-order valence-corrected chi connectivity index (χ1v) is 13.4. The highest BCUT2D eigenvalue weighted by molar-refractivity contribution is 5.88. The third-order valence-corrected chi connectivity index (χ3v) is 7.02. The van der Waals surface area contributed by atoms with Crippen LogP contribution in [0.15, 0.2) is 41.0 Å². The summed E-state index contributed by atoms with van der Waals surface area (Å²) in [6.45, 7) is 1.64. The summed E-state index contributed by atoms with van der Waals surface area (Å²) < 4.78 is 27.8. The summed E-state index contributed by atoms with van der Waals surface area (Å²) in [4.78, 5) is 30.0. The number of ether oxygens (including phenoxy) is 4. The lowest BCUT2D eigenvalue weighted by molar-refractivity contribution is -0.144. The first-order valence-electron chi connectivity index (χ1n) is 13.4. The van der Waals surface area contributed by atoms with E-state index in [1.165, 1.54) is 16.0 Å². The van der Waals surface area contributed by atoms with Crippen molar-refractivity contribution >= 4 is 11.8 Å². The van der Waals surface area contributed by atoms with Crippen LogP contribution in [0.5, 0.6) is 11.5 Å². The quantitative estimate of drug-likeness (QED) is 0.353. The molecular weight excluding hydrogens is 520 g/mol. The van der Waals surface area contributed by atoms with Gasteiger partial charge >= 0.3 is 0 Å². The Morgan fingerprint density at radius 1 is 1.10 bits per heavy atom. The molecule has 3 aromatic rings. The lowest BCUT2D eigenvalue weighted by Crippen LogP contribution is -2.48. The Morgan fingerprint density at radius 2 is 1.88 bits per heavy atom. The van der Waals surface area contributed by atoms with Crippen LogP contribution in [0.3, 0.4) is 0 Å². The molecule has 0 bridgehead atoms. The third kappa shape index (κ3) is 6.42. The van der Waals surface area contributed by atoms with Crippen LogP contribution in [-0.2, 0) is 25.6 Å². The Balaban J connectivity index is 1.36. The molecule has 0 saturated carbocycles. The summed E-state index contributed by atoms with van der Waals surface area (Å²) in [6.07, 6.45) is 4.77. The fourth-order valence-electron chi connectivity index (χ4n) is 4.96. The molecule has 1 N–H and O–H groups in total. The molecule has 2 amide bonds. The maximum Gasteiger partial charge on any atom is 0.250 e. The van der Waals surface area contributed by atoms with Gasteiger partial charge in [0.1, 0.15) is 12.3 Å². The van der Waals surface area contributed by atoms with Crippen molar-refractivity contribution in [3.63, 3.8) is 0 Å². The van der Waals surface area contributed by atoms with Gasteiger partial charge in [0.2, 0.25) is 11.7 Å². The number of hydrogen-bond acceptors (Lipinski definition) is 10. The van der Waals surface area contributed by atoms with Crippen LogP contribution >= 0.6 is 0 Å². The molecule has 0 aliphatic carbocycles. The molecule has 5 rings (SSSR count). The van der Waals surface area contributed by atoms with Gasteiger partial charge in [-0.25, -0.2) is 0 Å². The van der Waals surface area contributed by atoms with Crippen LogP contribution in [0.2, 0.25) is 0 Å². The number of hydrogen-bond donors (Lipinski definition) is 1. The number of nitrogens with zero attached hydrogens (tertiary/aromatic N) is 5. The summed E-state index contributed by atoms with van der Waals surface area (Å²) in [7, 11) is 3.10. The first kappa shape index (κ1) is 27.6. The third-order valence-electron chi connectivity index (χ3n) is 7.02. The minimum atomic E-state index is -0.998. The smallest absolute Gasteiger partial charge is 0.250 e. The molecule has 0 radical (unpaired) electrons. The van der Waals surface area contributed by atoms with Crippen molar-refractivity contribution in [3.05, 3.63) is 42.4 Å². The second kappa shape index (κ2) is 12.9. The molecular formula is C27H34N6O7. The average Bonchev–Trinajstić information content (AvgIpc) is 3.80. The average molecular weight is 555 g/mol. The van der Waals surface area contributed by atoms with Crippen molar-refractivity contribution in [2.24, 2.45) is 0 Å². The van der Waals surface area contributed by atoms with E-state index in [4.69, 9.17) is 23.4 Å². The van der Waals surface area contributed by atoms with Gasteiger partial charge in [-0.05, 0) is 61.2 Å². The van der Waals surface area contributed by atoms with Gasteiger partial charge in [-0.3, -0.25) is 9.59 Å². The van der Waals surface area contributed by atoms with Gasteiger partial charge < -0.3 is 33.6 Å². The van der Waals surface area contributed by atoms with Gasteiger partial charge in [-0.15, -0.1) is 10.2 Å². The summed E-state index contributed by atoms with van der Waals surface area (Å²) >= 11 is 0. The summed E-state index contributed by atoms with van der Waals surface area (Å²) in [6, 6.07) is 7.64. The molecule has 2 fully saturated rings. The molecule has 214 valence electrons. The standard InChI is InChI=1S/C27H34N6O7/c1-36-21-10-9-18(14-23(21)37-2)26-29-31-33(30-26)17-24(34)32(16-20-7-4-12-39-20)25(22-8-5-13-40-22)27(35)28-15-19-6-3-11-38-19/h5,8-10,13-14,19-20,25H,3-4,6-7,11-12,15-17H2,1-2H3,(H,28,35). The molecule has 2 aliphatic heterocycles. The summed E-state index contributed by atoms with van der Waals surface area (Å²) in [5.74, 6) is 1.03.